The molecule has 1 atom stereocenters. The minimum atomic E-state index is -0.791. The van der Waals surface area contributed by atoms with E-state index in [1.807, 2.05) is 0 Å². The fourth-order valence-corrected chi connectivity index (χ4v) is 5.96. The summed E-state index contributed by atoms with van der Waals surface area (Å²) in [5.74, 6) is -0.634. The van der Waals surface area contributed by atoms with Crippen LogP contribution in [0, 0.1) is 0 Å². The van der Waals surface area contributed by atoms with E-state index >= 15 is 0 Å². The Hall–Kier alpha value is -2.14. The predicted molar refractivity (Wildman–Crippen MR) is 214 cm³/mol. The summed E-state index contributed by atoms with van der Waals surface area (Å²) in [4.78, 5) is 24.3. The third-order valence-electron chi connectivity index (χ3n) is 9.14. The predicted octanol–water partition coefficient (Wildman–Crippen LogP) is 13.4. The Morgan fingerprint density at radius 1 is 0.480 bits per heavy atom. The monoisotopic (exact) mass is 701 g/mol. The maximum absolute atomic E-state index is 12.2. The van der Waals surface area contributed by atoms with Gasteiger partial charge < -0.3 is 14.6 Å². The lowest BCUT2D eigenvalue weighted by Crippen LogP contribution is -2.28. The van der Waals surface area contributed by atoms with Crippen molar-refractivity contribution in [2.24, 2.45) is 0 Å². The van der Waals surface area contributed by atoms with Crippen molar-refractivity contribution in [3.8, 4) is 0 Å². The molecule has 0 aromatic carbocycles. The van der Waals surface area contributed by atoms with Gasteiger partial charge in [0, 0.05) is 12.8 Å². The average Bonchev–Trinajstić information content (AvgIpc) is 3.12. The van der Waals surface area contributed by atoms with Crippen LogP contribution in [0.2, 0.25) is 0 Å². The number of rotatable bonds is 38. The molecule has 0 aromatic heterocycles. The molecular formula is C45H80O5. The number of hydrogen-bond donors (Lipinski definition) is 1. The molecule has 0 bridgehead atoms. The van der Waals surface area contributed by atoms with E-state index in [4.69, 9.17) is 9.47 Å². The molecule has 290 valence electrons. The highest BCUT2D eigenvalue weighted by atomic mass is 16.6. The number of allylic oxidation sites excluding steroid dienone is 8. The highest BCUT2D eigenvalue weighted by Gasteiger charge is 2.16. The molecule has 0 aliphatic rings. The molecule has 0 saturated heterocycles. The van der Waals surface area contributed by atoms with Gasteiger partial charge in [0.25, 0.3) is 0 Å². The molecule has 0 fully saturated rings. The van der Waals surface area contributed by atoms with Crippen molar-refractivity contribution in [2.75, 3.05) is 13.2 Å². The Bertz CT molecular complexity index is 842. The van der Waals surface area contributed by atoms with Crippen LogP contribution in [0.15, 0.2) is 48.6 Å². The van der Waals surface area contributed by atoms with Crippen molar-refractivity contribution in [1.82, 2.24) is 0 Å². The minimum Gasteiger partial charge on any atom is -0.462 e. The average molecular weight is 701 g/mol. The van der Waals surface area contributed by atoms with E-state index < -0.39 is 6.10 Å². The summed E-state index contributed by atoms with van der Waals surface area (Å²) in [7, 11) is 0. The Labute approximate surface area is 309 Å². The molecule has 0 heterocycles. The molecule has 0 radical (unpaired) electrons. The van der Waals surface area contributed by atoms with Gasteiger partial charge in [-0.2, -0.15) is 0 Å². The molecule has 1 N–H and O–H groups in total. The Morgan fingerprint density at radius 2 is 0.860 bits per heavy atom. The maximum atomic E-state index is 12.2. The third-order valence-corrected chi connectivity index (χ3v) is 9.14. The first-order chi connectivity index (χ1) is 24.6. The van der Waals surface area contributed by atoms with E-state index in [0.29, 0.717) is 12.8 Å². The van der Waals surface area contributed by atoms with Gasteiger partial charge in [-0.3, -0.25) is 9.59 Å². The molecule has 5 heteroatoms. The summed E-state index contributed by atoms with van der Waals surface area (Å²) in [5, 5.41) is 9.56. The normalized spacial score (nSPS) is 12.6. The molecular weight excluding hydrogens is 620 g/mol. The fraction of sp³-hybridized carbons (Fsp3) is 0.778. The summed E-state index contributed by atoms with van der Waals surface area (Å²) >= 11 is 0. The Kier molecular flexibility index (Phi) is 39.5. The molecule has 0 amide bonds. The highest BCUT2D eigenvalue weighted by molar-refractivity contribution is 5.70. The third kappa shape index (κ3) is 38.7. The van der Waals surface area contributed by atoms with Crippen molar-refractivity contribution < 1.29 is 24.2 Å². The van der Waals surface area contributed by atoms with E-state index in [-0.39, 0.29) is 25.2 Å². The summed E-state index contributed by atoms with van der Waals surface area (Å²) in [5.41, 5.74) is 0. The van der Waals surface area contributed by atoms with Gasteiger partial charge in [0.05, 0.1) is 6.61 Å². The first-order valence-corrected chi connectivity index (χ1v) is 21.2. The van der Waals surface area contributed by atoms with Crippen LogP contribution in [-0.2, 0) is 19.1 Å². The smallest absolute Gasteiger partial charge is 0.306 e. The first-order valence-electron chi connectivity index (χ1n) is 21.2. The lowest BCUT2D eigenvalue weighted by molar-refractivity contribution is -0.161. The summed E-state index contributed by atoms with van der Waals surface area (Å²) < 4.78 is 10.6. The number of ether oxygens (including phenoxy) is 2. The van der Waals surface area contributed by atoms with Crippen molar-refractivity contribution >= 4 is 11.9 Å². The molecule has 0 aliphatic heterocycles. The topological polar surface area (TPSA) is 72.8 Å². The number of unbranched alkanes of at least 4 members (excludes halogenated alkanes) is 22. The minimum absolute atomic E-state index is 0.0811. The number of aliphatic hydroxyl groups is 1. The number of aliphatic hydroxyl groups excluding tert-OH is 1. The fourth-order valence-electron chi connectivity index (χ4n) is 5.96. The van der Waals surface area contributed by atoms with Crippen LogP contribution < -0.4 is 0 Å². The van der Waals surface area contributed by atoms with Crippen molar-refractivity contribution in [3.05, 3.63) is 48.6 Å². The van der Waals surface area contributed by atoms with Crippen LogP contribution in [0.5, 0.6) is 0 Å². The van der Waals surface area contributed by atoms with Crippen molar-refractivity contribution in [3.63, 3.8) is 0 Å². The van der Waals surface area contributed by atoms with Crippen LogP contribution in [0.1, 0.15) is 206 Å². The molecule has 0 unspecified atom stereocenters. The SMILES string of the molecule is CC/C=C\C/C=C\C/C=C\C/C=C\CCCCC(=O)O[C@@H](CO)COC(=O)CCCCCCCCCCCCCCCCCCCCCCC. The van der Waals surface area contributed by atoms with E-state index in [2.05, 4.69) is 62.5 Å². The van der Waals surface area contributed by atoms with Crippen molar-refractivity contribution in [1.29, 1.82) is 0 Å². The standard InChI is InChI=1S/C45H80O5/c1-3-5-7-9-11-13-15-17-19-20-21-22-23-24-26-27-29-31-33-35-37-39-44(47)49-42-43(41-46)50-45(48)40-38-36-34-32-30-28-25-18-16-14-12-10-8-6-4-2/h6,8,12,14,18,25,30,32,43,46H,3-5,7,9-11,13,15-17,19-24,26-29,31,33-42H2,1-2H3/b8-6-,14-12-,25-18-,32-30-/t43-/m0/s1. The second kappa shape index (κ2) is 41.3. The lowest BCUT2D eigenvalue weighted by atomic mass is 10.0. The maximum Gasteiger partial charge on any atom is 0.306 e. The second-order valence-corrected chi connectivity index (χ2v) is 14.0. The van der Waals surface area contributed by atoms with Gasteiger partial charge in [-0.1, -0.05) is 191 Å². The van der Waals surface area contributed by atoms with E-state index in [0.717, 1.165) is 64.2 Å². The summed E-state index contributed by atoms with van der Waals surface area (Å²) in [6.45, 7) is 4.00. The zero-order valence-electron chi connectivity index (χ0n) is 32.9. The van der Waals surface area contributed by atoms with Gasteiger partial charge in [-0.15, -0.1) is 0 Å². The van der Waals surface area contributed by atoms with Gasteiger partial charge in [0.2, 0.25) is 0 Å². The summed E-state index contributed by atoms with van der Waals surface area (Å²) in [6.07, 6.45) is 51.9. The molecule has 50 heavy (non-hydrogen) atoms. The van der Waals surface area contributed by atoms with E-state index in [9.17, 15) is 14.7 Å². The number of carbonyl (C=O) groups is 2. The lowest BCUT2D eigenvalue weighted by Gasteiger charge is -2.15. The molecule has 0 aromatic rings. The quantitative estimate of drug-likeness (QED) is 0.0394. The second-order valence-electron chi connectivity index (χ2n) is 14.0. The molecule has 0 aliphatic carbocycles. The Balaban J connectivity index is 3.55. The van der Waals surface area contributed by atoms with Gasteiger partial charge >= 0.3 is 11.9 Å². The van der Waals surface area contributed by atoms with E-state index in [1.165, 1.54) is 116 Å². The molecule has 5 nitrogen and oxygen atoms in total. The van der Waals surface area contributed by atoms with Gasteiger partial charge in [-0.25, -0.2) is 0 Å². The van der Waals surface area contributed by atoms with Crippen LogP contribution in [-0.4, -0.2) is 36.4 Å². The van der Waals surface area contributed by atoms with E-state index in [1.54, 1.807) is 0 Å². The summed E-state index contributed by atoms with van der Waals surface area (Å²) in [6, 6.07) is 0. The number of carbonyl (C=O) groups excluding carboxylic acids is 2. The van der Waals surface area contributed by atoms with Crippen LogP contribution in [0.25, 0.3) is 0 Å². The number of hydrogen-bond acceptors (Lipinski definition) is 5. The zero-order chi connectivity index (χ0) is 36.4. The van der Waals surface area contributed by atoms with Crippen molar-refractivity contribution in [2.45, 2.75) is 213 Å². The van der Waals surface area contributed by atoms with Crippen LogP contribution in [0.4, 0.5) is 0 Å². The molecule has 0 rings (SSSR count). The number of esters is 2. The first kappa shape index (κ1) is 47.9. The highest BCUT2D eigenvalue weighted by Crippen LogP contribution is 2.15. The van der Waals surface area contributed by atoms with Crippen LogP contribution >= 0.6 is 0 Å². The Morgan fingerprint density at radius 3 is 1.30 bits per heavy atom. The van der Waals surface area contributed by atoms with Gasteiger partial charge in [-0.05, 0) is 51.4 Å². The zero-order valence-corrected chi connectivity index (χ0v) is 32.9. The largest absolute Gasteiger partial charge is 0.462 e. The van der Waals surface area contributed by atoms with Crippen LogP contribution in [0.3, 0.4) is 0 Å². The molecule has 0 spiro atoms. The molecule has 0 saturated carbocycles. The van der Waals surface area contributed by atoms with Gasteiger partial charge in [0.1, 0.15) is 6.61 Å². The van der Waals surface area contributed by atoms with Gasteiger partial charge in [0.15, 0.2) is 6.10 Å².